The summed E-state index contributed by atoms with van der Waals surface area (Å²) in [5.74, 6) is 0.318. The molecule has 3 aromatic rings. The average Bonchev–Trinajstić information content (AvgIpc) is 3.19. The predicted octanol–water partition coefficient (Wildman–Crippen LogP) is 5.07. The van der Waals surface area contributed by atoms with E-state index in [4.69, 9.17) is 4.74 Å². The van der Waals surface area contributed by atoms with Gasteiger partial charge in [0.25, 0.3) is 5.91 Å². The third kappa shape index (κ3) is 4.19. The third-order valence-electron chi connectivity index (χ3n) is 9.73. The Hall–Kier alpha value is -3.31. The molecule has 1 aliphatic heterocycles. The second-order valence-corrected chi connectivity index (χ2v) is 12.2. The van der Waals surface area contributed by atoms with Crippen LogP contribution in [0.4, 0.5) is 23.2 Å². The summed E-state index contributed by atoms with van der Waals surface area (Å²) in [6.07, 6.45) is -0.329. The molecule has 1 amide bonds. The first-order valence-corrected chi connectivity index (χ1v) is 13.9. The number of fused-ring (bicyclic) bond motifs is 1. The van der Waals surface area contributed by atoms with Crippen molar-refractivity contribution < 1.29 is 27.1 Å². The number of halogens is 4. The fourth-order valence-electron chi connectivity index (χ4n) is 7.20. The lowest BCUT2D eigenvalue weighted by Gasteiger charge is -2.46. The molecule has 3 fully saturated rings. The van der Waals surface area contributed by atoms with Gasteiger partial charge in [0.15, 0.2) is 0 Å². The number of nitrogens with zero attached hydrogens (tertiary/aromatic N) is 4. The van der Waals surface area contributed by atoms with Crippen LogP contribution in [0.2, 0.25) is 0 Å². The highest BCUT2D eigenvalue weighted by Gasteiger charge is 2.62. The van der Waals surface area contributed by atoms with Gasteiger partial charge in [-0.1, -0.05) is 12.1 Å². The van der Waals surface area contributed by atoms with Gasteiger partial charge < -0.3 is 19.5 Å². The molecule has 1 unspecified atom stereocenters. The van der Waals surface area contributed by atoms with Crippen molar-refractivity contribution in [3.63, 3.8) is 0 Å². The van der Waals surface area contributed by atoms with Crippen LogP contribution in [0.15, 0.2) is 42.7 Å². The highest BCUT2D eigenvalue weighted by molar-refractivity contribution is 6.10. The fraction of sp³-hybridized carbons (Fsp3) is 0.500. The molecular formula is C30H31F4N5O2. The minimum Gasteiger partial charge on any atom is -0.381 e. The highest BCUT2D eigenvalue weighted by Crippen LogP contribution is 2.62. The molecular weight excluding hydrogens is 538 g/mol. The number of aryl methyl sites for hydroxylation is 1. The van der Waals surface area contributed by atoms with Crippen molar-refractivity contribution in [1.82, 2.24) is 20.1 Å². The van der Waals surface area contributed by atoms with E-state index < -0.39 is 29.2 Å². The molecule has 2 aromatic carbocycles. The van der Waals surface area contributed by atoms with Gasteiger partial charge in [-0.05, 0) is 73.1 Å². The molecule has 1 aromatic heterocycles. The number of benzene rings is 2. The summed E-state index contributed by atoms with van der Waals surface area (Å²) in [5, 5.41) is 11.7. The Morgan fingerprint density at radius 3 is 2.51 bits per heavy atom. The van der Waals surface area contributed by atoms with Gasteiger partial charge in [-0.25, -0.2) is 4.39 Å². The topological polar surface area (TPSA) is 72.3 Å². The maximum absolute atomic E-state index is 14.2. The van der Waals surface area contributed by atoms with Crippen LogP contribution < -0.4 is 10.2 Å². The molecule has 7 nitrogen and oxygen atoms in total. The van der Waals surface area contributed by atoms with Crippen LogP contribution >= 0.6 is 0 Å². The van der Waals surface area contributed by atoms with Crippen LogP contribution in [-0.2, 0) is 36.5 Å². The van der Waals surface area contributed by atoms with E-state index >= 15 is 0 Å². The number of anilines is 1. The third-order valence-corrected chi connectivity index (χ3v) is 9.73. The van der Waals surface area contributed by atoms with E-state index in [1.54, 1.807) is 25.6 Å². The van der Waals surface area contributed by atoms with Crippen LogP contribution in [0, 0.1) is 5.41 Å². The number of aromatic nitrogens is 3. The maximum atomic E-state index is 14.2. The Balaban J connectivity index is 1.17. The first-order chi connectivity index (χ1) is 19.5. The van der Waals surface area contributed by atoms with E-state index in [-0.39, 0.29) is 41.8 Å². The van der Waals surface area contributed by atoms with Crippen molar-refractivity contribution in [2.45, 2.75) is 75.1 Å². The summed E-state index contributed by atoms with van der Waals surface area (Å²) < 4.78 is 63.6. The van der Waals surface area contributed by atoms with Crippen molar-refractivity contribution >= 4 is 11.6 Å². The summed E-state index contributed by atoms with van der Waals surface area (Å²) in [4.78, 5) is 15.1. The SMILES string of the molecule is COC1CC(c2cccc(N3Cc4c(cc(CNC5CC6(C5)CC6F)cc4C(F)(F)F)C3=O)c2)(c2nncn2C)C1. The van der Waals surface area contributed by atoms with Gasteiger partial charge in [-0.3, -0.25) is 4.79 Å². The largest absolute Gasteiger partial charge is 0.416 e. The number of rotatable bonds is 7. The van der Waals surface area contributed by atoms with Crippen molar-refractivity contribution in [2.75, 3.05) is 12.0 Å². The molecule has 0 saturated heterocycles. The van der Waals surface area contributed by atoms with Gasteiger partial charge in [-0.2, -0.15) is 13.2 Å². The Kier molecular flexibility index (Phi) is 5.90. The quantitative estimate of drug-likeness (QED) is 0.403. The zero-order chi connectivity index (χ0) is 28.7. The number of hydrogen-bond acceptors (Lipinski definition) is 5. The van der Waals surface area contributed by atoms with E-state index in [9.17, 15) is 22.4 Å². The number of nitrogens with one attached hydrogen (secondary N) is 1. The van der Waals surface area contributed by atoms with E-state index in [1.807, 2.05) is 29.8 Å². The Morgan fingerprint density at radius 2 is 1.88 bits per heavy atom. The molecule has 1 atom stereocenters. The molecule has 2 heterocycles. The lowest BCUT2D eigenvalue weighted by Crippen LogP contribution is -2.48. The Labute approximate surface area is 234 Å². The highest BCUT2D eigenvalue weighted by atomic mass is 19.4. The molecule has 11 heteroatoms. The summed E-state index contributed by atoms with van der Waals surface area (Å²) in [5.41, 5.74) is 0.441. The van der Waals surface area contributed by atoms with Crippen LogP contribution in [-0.4, -0.2) is 46.1 Å². The lowest BCUT2D eigenvalue weighted by atomic mass is 9.62. The van der Waals surface area contributed by atoms with Gasteiger partial charge in [0.05, 0.1) is 23.6 Å². The molecule has 1 spiro atoms. The predicted molar refractivity (Wildman–Crippen MR) is 142 cm³/mol. The van der Waals surface area contributed by atoms with Gasteiger partial charge >= 0.3 is 6.18 Å². The lowest BCUT2D eigenvalue weighted by molar-refractivity contribution is -0.138. The monoisotopic (exact) mass is 569 g/mol. The van der Waals surface area contributed by atoms with E-state index in [2.05, 4.69) is 15.5 Å². The Morgan fingerprint density at radius 1 is 1.12 bits per heavy atom. The summed E-state index contributed by atoms with van der Waals surface area (Å²) >= 11 is 0. The minimum atomic E-state index is -4.61. The van der Waals surface area contributed by atoms with Crippen LogP contribution in [0.5, 0.6) is 0 Å². The second kappa shape index (κ2) is 9.09. The maximum Gasteiger partial charge on any atom is 0.416 e. The number of carbonyl (C=O) groups excluding carboxylic acids is 1. The smallest absolute Gasteiger partial charge is 0.381 e. The number of carbonyl (C=O) groups is 1. The molecule has 3 aliphatic carbocycles. The molecule has 41 heavy (non-hydrogen) atoms. The molecule has 1 N–H and O–H groups in total. The molecule has 0 radical (unpaired) electrons. The molecule has 0 bridgehead atoms. The summed E-state index contributed by atoms with van der Waals surface area (Å²) in [7, 11) is 3.54. The van der Waals surface area contributed by atoms with E-state index in [0.717, 1.165) is 17.5 Å². The van der Waals surface area contributed by atoms with Gasteiger partial charge in [0, 0.05) is 43.4 Å². The fourth-order valence-corrected chi connectivity index (χ4v) is 7.20. The molecule has 7 rings (SSSR count). The first kappa shape index (κ1) is 26.6. The zero-order valence-electron chi connectivity index (χ0n) is 22.8. The van der Waals surface area contributed by atoms with Crippen molar-refractivity contribution in [1.29, 1.82) is 0 Å². The average molecular weight is 570 g/mol. The first-order valence-electron chi connectivity index (χ1n) is 13.9. The zero-order valence-corrected chi connectivity index (χ0v) is 22.8. The van der Waals surface area contributed by atoms with E-state index in [1.165, 1.54) is 4.90 Å². The summed E-state index contributed by atoms with van der Waals surface area (Å²) in [6.45, 7) is 0.0264. The summed E-state index contributed by atoms with van der Waals surface area (Å²) in [6, 6.07) is 10.2. The van der Waals surface area contributed by atoms with Gasteiger partial charge in [-0.15, -0.1) is 10.2 Å². The van der Waals surface area contributed by atoms with E-state index in [0.29, 0.717) is 43.4 Å². The van der Waals surface area contributed by atoms with Crippen molar-refractivity contribution in [2.24, 2.45) is 12.5 Å². The standard InChI is InChI=1S/C30H31F4N5O2/c1-38-16-36-37-27(38)29(11-21(12-29)41-2)18-4-3-5-20(8-18)39-15-23-22(26(39)40)6-17(7-24(23)30(32,33)34)14-35-19-9-28(10-19)13-25(28)31/h3-8,16,19,21,25,35H,9-15H2,1-2H3. The molecule has 216 valence electrons. The number of amides is 1. The van der Waals surface area contributed by atoms with Gasteiger partial charge in [0.1, 0.15) is 18.3 Å². The number of ether oxygens (including phenoxy) is 1. The molecule has 4 aliphatic rings. The number of hydrogen-bond donors (Lipinski definition) is 1. The Bertz CT molecular complexity index is 1520. The normalized spacial score (nSPS) is 30.3. The van der Waals surface area contributed by atoms with Crippen molar-refractivity contribution in [3.8, 4) is 0 Å². The number of methoxy groups -OCH3 is 1. The van der Waals surface area contributed by atoms with Crippen LogP contribution in [0.1, 0.15) is 70.5 Å². The van der Waals surface area contributed by atoms with Gasteiger partial charge in [0.2, 0.25) is 0 Å². The van der Waals surface area contributed by atoms with Crippen molar-refractivity contribution in [3.05, 3.63) is 76.4 Å². The minimum absolute atomic E-state index is 0.0105. The number of alkyl halides is 4. The molecule has 3 saturated carbocycles. The van der Waals surface area contributed by atoms with Crippen LogP contribution in [0.3, 0.4) is 0 Å². The van der Waals surface area contributed by atoms with Crippen LogP contribution in [0.25, 0.3) is 0 Å². The second-order valence-electron chi connectivity index (χ2n) is 12.2.